The van der Waals surface area contributed by atoms with Gasteiger partial charge in [-0.05, 0) is 48.7 Å². The largest absolute Gasteiger partial charge is 0.416 e. The van der Waals surface area contributed by atoms with Gasteiger partial charge in [-0.1, -0.05) is 18.2 Å². The zero-order valence-corrected chi connectivity index (χ0v) is 18.1. The summed E-state index contributed by atoms with van der Waals surface area (Å²) < 4.78 is 45.0. The summed E-state index contributed by atoms with van der Waals surface area (Å²) in [5.41, 5.74) is 1.81. The third-order valence-electron chi connectivity index (χ3n) is 6.32. The van der Waals surface area contributed by atoms with Crippen molar-refractivity contribution in [3.05, 3.63) is 59.7 Å². The highest BCUT2D eigenvalue weighted by molar-refractivity contribution is 5.82. The molecule has 8 heteroatoms. The van der Waals surface area contributed by atoms with Gasteiger partial charge >= 0.3 is 6.18 Å². The Balaban J connectivity index is 1.62. The van der Waals surface area contributed by atoms with E-state index in [4.69, 9.17) is 4.74 Å². The predicted molar refractivity (Wildman–Crippen MR) is 118 cm³/mol. The average molecular weight is 448 g/mol. The number of anilines is 2. The van der Waals surface area contributed by atoms with Gasteiger partial charge in [-0.3, -0.25) is 4.79 Å². The van der Waals surface area contributed by atoms with Gasteiger partial charge in [-0.15, -0.1) is 0 Å². The van der Waals surface area contributed by atoms with Crippen molar-refractivity contribution in [2.45, 2.75) is 25.1 Å². The average Bonchev–Trinajstić information content (AvgIpc) is 2.80. The molecule has 5 nitrogen and oxygen atoms in total. The van der Waals surface area contributed by atoms with Gasteiger partial charge in [0.1, 0.15) is 0 Å². The second-order valence-electron chi connectivity index (χ2n) is 8.33. The molecule has 4 rings (SSSR count). The molecule has 0 radical (unpaired) electrons. The van der Waals surface area contributed by atoms with Crippen molar-refractivity contribution >= 4 is 17.3 Å². The molecule has 2 aromatic carbocycles. The molecule has 2 aromatic rings. The Kier molecular flexibility index (Phi) is 6.60. The molecular formula is C24H28F3N3O2. The number of halogens is 3. The lowest BCUT2D eigenvalue weighted by molar-refractivity contribution is -0.137. The van der Waals surface area contributed by atoms with Crippen LogP contribution >= 0.6 is 0 Å². The number of piperazine rings is 1. The first-order valence-corrected chi connectivity index (χ1v) is 10.9. The van der Waals surface area contributed by atoms with Gasteiger partial charge in [-0.25, -0.2) is 0 Å². The molecule has 2 atom stereocenters. The Morgan fingerprint density at radius 3 is 2.66 bits per heavy atom. The Morgan fingerprint density at radius 1 is 1.16 bits per heavy atom. The highest BCUT2D eigenvalue weighted by Gasteiger charge is 2.42. The summed E-state index contributed by atoms with van der Waals surface area (Å²) in [6.45, 7) is 3.04. The summed E-state index contributed by atoms with van der Waals surface area (Å²) in [6, 6.07) is 13.8. The van der Waals surface area contributed by atoms with Crippen LogP contribution in [0.15, 0.2) is 48.5 Å². The lowest BCUT2D eigenvalue weighted by Crippen LogP contribution is -2.61. The SMILES string of the molecule is COCCCNC(=O)[C@H]1Cc2cc(C(F)(F)F)ccc2N2CCN(c3ccccc3)C[C@H]12. The number of methoxy groups -OCH3 is 1. The molecule has 0 saturated carbocycles. The van der Waals surface area contributed by atoms with Crippen LogP contribution in [0.1, 0.15) is 17.5 Å². The number of alkyl halides is 3. The molecule has 32 heavy (non-hydrogen) atoms. The number of carbonyl (C=O) groups excluding carboxylic acids is 1. The Labute approximate surface area is 186 Å². The van der Waals surface area contributed by atoms with E-state index in [0.29, 0.717) is 44.6 Å². The van der Waals surface area contributed by atoms with Gasteiger partial charge in [0, 0.05) is 51.3 Å². The molecule has 2 heterocycles. The van der Waals surface area contributed by atoms with Crippen LogP contribution in [0, 0.1) is 5.92 Å². The monoisotopic (exact) mass is 447 g/mol. The first-order chi connectivity index (χ1) is 15.4. The topological polar surface area (TPSA) is 44.8 Å². The molecule has 0 aliphatic carbocycles. The van der Waals surface area contributed by atoms with Crippen molar-refractivity contribution in [2.24, 2.45) is 5.92 Å². The fourth-order valence-corrected chi connectivity index (χ4v) is 4.73. The van der Waals surface area contributed by atoms with Crippen LogP contribution in [0.25, 0.3) is 0 Å². The highest BCUT2D eigenvalue weighted by atomic mass is 19.4. The number of nitrogens with one attached hydrogen (secondary N) is 1. The minimum atomic E-state index is -4.41. The van der Waals surface area contributed by atoms with E-state index >= 15 is 0 Å². The van der Waals surface area contributed by atoms with Crippen LogP contribution in [0.5, 0.6) is 0 Å². The van der Waals surface area contributed by atoms with Crippen LogP contribution in [0.2, 0.25) is 0 Å². The number of para-hydroxylation sites is 1. The van der Waals surface area contributed by atoms with E-state index in [-0.39, 0.29) is 11.9 Å². The lowest BCUT2D eigenvalue weighted by atomic mass is 9.82. The third kappa shape index (κ3) is 4.70. The van der Waals surface area contributed by atoms with E-state index in [9.17, 15) is 18.0 Å². The maximum Gasteiger partial charge on any atom is 0.416 e. The van der Waals surface area contributed by atoms with Gasteiger partial charge in [0.15, 0.2) is 0 Å². The predicted octanol–water partition coefficient (Wildman–Crippen LogP) is 3.73. The normalized spacial score (nSPS) is 20.5. The number of carbonyl (C=O) groups is 1. The minimum absolute atomic E-state index is 0.115. The van der Waals surface area contributed by atoms with Crippen LogP contribution in [-0.4, -0.2) is 51.8 Å². The summed E-state index contributed by atoms with van der Waals surface area (Å²) in [4.78, 5) is 17.5. The summed E-state index contributed by atoms with van der Waals surface area (Å²) in [5.74, 6) is -0.547. The van der Waals surface area contributed by atoms with Gasteiger partial charge in [0.2, 0.25) is 5.91 Å². The van der Waals surface area contributed by atoms with Gasteiger partial charge in [0.05, 0.1) is 17.5 Å². The fraction of sp³-hybridized carbons (Fsp3) is 0.458. The first-order valence-electron chi connectivity index (χ1n) is 10.9. The smallest absolute Gasteiger partial charge is 0.385 e. The number of hydrogen-bond donors (Lipinski definition) is 1. The summed E-state index contributed by atoms with van der Waals surface area (Å²) in [6.07, 6.45) is -3.43. The molecule has 0 bridgehead atoms. The minimum Gasteiger partial charge on any atom is -0.385 e. The molecule has 172 valence electrons. The quantitative estimate of drug-likeness (QED) is 0.686. The first kappa shape index (κ1) is 22.5. The highest BCUT2D eigenvalue weighted by Crippen LogP contribution is 2.40. The second kappa shape index (κ2) is 9.40. The molecule has 1 fully saturated rings. The molecule has 2 aliphatic rings. The zero-order valence-electron chi connectivity index (χ0n) is 18.1. The standard InChI is InChI=1S/C24H28F3N3O2/c1-32-13-5-10-28-23(31)20-15-17-14-18(24(25,26)27)8-9-21(17)30-12-11-29(16-22(20)30)19-6-3-2-4-7-19/h2-4,6-9,14,20,22H,5,10-13,15-16H2,1H3,(H,28,31)/t20-,22+/m0/s1. The summed E-state index contributed by atoms with van der Waals surface area (Å²) in [7, 11) is 1.61. The van der Waals surface area contributed by atoms with E-state index in [1.807, 2.05) is 30.3 Å². The molecule has 1 N–H and O–H groups in total. The molecule has 1 saturated heterocycles. The van der Waals surface area contributed by atoms with Crippen LogP contribution < -0.4 is 15.1 Å². The number of hydrogen-bond acceptors (Lipinski definition) is 4. The lowest BCUT2D eigenvalue weighted by Gasteiger charge is -2.49. The zero-order chi connectivity index (χ0) is 22.7. The van der Waals surface area contributed by atoms with Crippen molar-refractivity contribution in [1.29, 1.82) is 0 Å². The molecule has 1 amide bonds. The van der Waals surface area contributed by atoms with Gasteiger partial charge in [-0.2, -0.15) is 13.2 Å². The van der Waals surface area contributed by atoms with Gasteiger partial charge in [0.25, 0.3) is 0 Å². The number of ether oxygens (including phenoxy) is 1. The number of amides is 1. The van der Waals surface area contributed by atoms with Crippen molar-refractivity contribution in [3.63, 3.8) is 0 Å². The number of rotatable bonds is 6. The number of fused-ring (bicyclic) bond motifs is 3. The van der Waals surface area contributed by atoms with Crippen molar-refractivity contribution in [2.75, 3.05) is 49.7 Å². The van der Waals surface area contributed by atoms with E-state index in [0.717, 1.165) is 24.0 Å². The Morgan fingerprint density at radius 2 is 1.94 bits per heavy atom. The van der Waals surface area contributed by atoms with Crippen LogP contribution in [0.4, 0.5) is 24.5 Å². The van der Waals surface area contributed by atoms with E-state index in [1.165, 1.54) is 6.07 Å². The molecular weight excluding hydrogens is 419 g/mol. The number of benzene rings is 2. The Hall–Kier alpha value is -2.74. The van der Waals surface area contributed by atoms with Crippen LogP contribution in [0.3, 0.4) is 0 Å². The second-order valence-corrected chi connectivity index (χ2v) is 8.33. The van der Waals surface area contributed by atoms with E-state index in [1.54, 1.807) is 13.2 Å². The maximum atomic E-state index is 13.3. The molecule has 2 aliphatic heterocycles. The fourth-order valence-electron chi connectivity index (χ4n) is 4.73. The Bertz CT molecular complexity index is 936. The summed E-state index contributed by atoms with van der Waals surface area (Å²) >= 11 is 0. The summed E-state index contributed by atoms with van der Waals surface area (Å²) in [5, 5.41) is 2.96. The van der Waals surface area contributed by atoms with Crippen molar-refractivity contribution in [3.8, 4) is 0 Å². The van der Waals surface area contributed by atoms with Gasteiger partial charge < -0.3 is 19.9 Å². The van der Waals surface area contributed by atoms with Crippen LogP contribution in [-0.2, 0) is 22.1 Å². The molecule has 0 unspecified atom stereocenters. The van der Waals surface area contributed by atoms with E-state index < -0.39 is 17.7 Å². The van der Waals surface area contributed by atoms with E-state index in [2.05, 4.69) is 15.1 Å². The number of nitrogens with zero attached hydrogens (tertiary/aromatic N) is 2. The maximum absolute atomic E-state index is 13.3. The van der Waals surface area contributed by atoms with Crippen molar-refractivity contribution in [1.82, 2.24) is 5.32 Å². The molecule has 0 spiro atoms. The third-order valence-corrected chi connectivity index (χ3v) is 6.32. The molecule has 0 aromatic heterocycles. The van der Waals surface area contributed by atoms with Crippen molar-refractivity contribution < 1.29 is 22.7 Å².